The topological polar surface area (TPSA) is 129 Å². The molecule has 2 aromatic rings. The number of aliphatic imine (C=N–C) groups is 1. The van der Waals surface area contributed by atoms with Gasteiger partial charge in [0.15, 0.2) is 0 Å². The van der Waals surface area contributed by atoms with Gasteiger partial charge in [-0.15, -0.1) is 0 Å². The van der Waals surface area contributed by atoms with E-state index in [0.717, 1.165) is 0 Å². The minimum absolute atomic E-state index is 0.0147. The van der Waals surface area contributed by atoms with Crippen LogP contribution in [-0.4, -0.2) is 31.4 Å². The molecule has 1 aromatic heterocycles. The standard InChI is InChI=1S/C15H15N3O5/c1-9-15(21)13(11(8-19)6-17-9)7-16-5-10-4-12(18(22)23)2-3-14(10)20/h2-4,6-7,19-21H,5,8H2,1H3. The van der Waals surface area contributed by atoms with Gasteiger partial charge in [0.2, 0.25) is 0 Å². The van der Waals surface area contributed by atoms with Crippen LogP contribution in [0.5, 0.6) is 11.5 Å². The number of aryl methyl sites for hydroxylation is 1. The van der Waals surface area contributed by atoms with Crippen molar-refractivity contribution >= 4 is 11.9 Å². The Hall–Kier alpha value is -3.00. The number of hydrogen-bond acceptors (Lipinski definition) is 7. The number of aliphatic hydroxyl groups excluding tert-OH is 1. The van der Waals surface area contributed by atoms with Gasteiger partial charge in [-0.25, -0.2) is 0 Å². The van der Waals surface area contributed by atoms with Gasteiger partial charge in [-0.05, 0) is 13.0 Å². The lowest BCUT2D eigenvalue weighted by Gasteiger charge is -2.07. The van der Waals surface area contributed by atoms with Crippen LogP contribution < -0.4 is 0 Å². The number of pyridine rings is 1. The normalized spacial score (nSPS) is 11.0. The fourth-order valence-corrected chi connectivity index (χ4v) is 1.97. The minimum atomic E-state index is -0.561. The molecule has 0 unspecified atom stereocenters. The molecule has 1 aromatic carbocycles. The molecule has 0 radical (unpaired) electrons. The Morgan fingerprint density at radius 1 is 1.35 bits per heavy atom. The quantitative estimate of drug-likeness (QED) is 0.438. The Morgan fingerprint density at radius 2 is 2.09 bits per heavy atom. The van der Waals surface area contributed by atoms with Crippen molar-refractivity contribution < 1.29 is 20.2 Å². The number of aliphatic hydroxyl groups is 1. The fourth-order valence-electron chi connectivity index (χ4n) is 1.97. The van der Waals surface area contributed by atoms with Gasteiger partial charge in [-0.2, -0.15) is 0 Å². The van der Waals surface area contributed by atoms with Crippen LogP contribution in [0.15, 0.2) is 29.4 Å². The van der Waals surface area contributed by atoms with Crippen molar-refractivity contribution in [1.29, 1.82) is 0 Å². The molecule has 0 saturated heterocycles. The third kappa shape index (κ3) is 3.61. The molecule has 0 amide bonds. The molecule has 0 aliphatic carbocycles. The van der Waals surface area contributed by atoms with Gasteiger partial charge in [0.25, 0.3) is 5.69 Å². The molecule has 0 bridgehead atoms. The van der Waals surface area contributed by atoms with E-state index in [4.69, 9.17) is 0 Å². The Kier molecular flexibility index (Phi) is 4.87. The summed E-state index contributed by atoms with van der Waals surface area (Å²) in [6.07, 6.45) is 2.77. The van der Waals surface area contributed by atoms with E-state index in [2.05, 4.69) is 9.98 Å². The van der Waals surface area contributed by atoms with E-state index in [1.807, 2.05) is 0 Å². The summed E-state index contributed by atoms with van der Waals surface area (Å²) in [6, 6.07) is 3.66. The summed E-state index contributed by atoms with van der Waals surface area (Å²) in [5, 5.41) is 39.7. The van der Waals surface area contributed by atoms with Crippen molar-refractivity contribution in [3.63, 3.8) is 0 Å². The third-order valence-electron chi connectivity index (χ3n) is 3.28. The molecule has 0 saturated carbocycles. The predicted octanol–water partition coefficient (Wildman–Crippen LogP) is 1.82. The number of non-ortho nitro benzene ring substituents is 1. The summed E-state index contributed by atoms with van der Waals surface area (Å²) >= 11 is 0. The van der Waals surface area contributed by atoms with Gasteiger partial charge in [0.1, 0.15) is 11.5 Å². The number of nitro benzene ring substituents is 1. The predicted molar refractivity (Wildman–Crippen MR) is 82.6 cm³/mol. The summed E-state index contributed by atoms with van der Waals surface area (Å²) in [5.74, 6) is -0.200. The summed E-state index contributed by atoms with van der Waals surface area (Å²) in [5.41, 5.74) is 1.25. The molecular formula is C15H15N3O5. The smallest absolute Gasteiger partial charge is 0.270 e. The van der Waals surface area contributed by atoms with Crippen LogP contribution in [-0.2, 0) is 13.2 Å². The van der Waals surface area contributed by atoms with Gasteiger partial charge in [-0.3, -0.25) is 20.1 Å². The molecule has 0 spiro atoms. The van der Waals surface area contributed by atoms with Gasteiger partial charge in [0.05, 0.1) is 23.8 Å². The van der Waals surface area contributed by atoms with Crippen molar-refractivity contribution in [3.05, 3.63) is 56.9 Å². The highest BCUT2D eigenvalue weighted by Gasteiger charge is 2.11. The number of phenols is 1. The zero-order valence-electron chi connectivity index (χ0n) is 12.3. The maximum absolute atomic E-state index is 10.7. The number of phenolic OH excluding ortho intramolecular Hbond substituents is 1. The van der Waals surface area contributed by atoms with E-state index < -0.39 is 4.92 Å². The van der Waals surface area contributed by atoms with Gasteiger partial charge >= 0.3 is 0 Å². The van der Waals surface area contributed by atoms with Gasteiger partial charge < -0.3 is 15.3 Å². The first-order chi connectivity index (χ1) is 10.9. The Morgan fingerprint density at radius 3 is 2.74 bits per heavy atom. The Balaban J connectivity index is 2.28. The Labute approximate surface area is 131 Å². The number of benzene rings is 1. The minimum Gasteiger partial charge on any atom is -0.508 e. The number of aromatic hydroxyl groups is 2. The number of nitrogens with zero attached hydrogens (tertiary/aromatic N) is 3. The lowest BCUT2D eigenvalue weighted by Crippen LogP contribution is -1.98. The monoisotopic (exact) mass is 317 g/mol. The second-order valence-corrected chi connectivity index (χ2v) is 4.83. The van der Waals surface area contributed by atoms with Gasteiger partial charge in [-0.1, -0.05) is 0 Å². The first-order valence-electron chi connectivity index (χ1n) is 6.68. The summed E-state index contributed by atoms with van der Waals surface area (Å²) in [6.45, 7) is 1.28. The largest absolute Gasteiger partial charge is 0.508 e. The van der Waals surface area contributed by atoms with E-state index in [0.29, 0.717) is 16.8 Å². The van der Waals surface area contributed by atoms with E-state index >= 15 is 0 Å². The van der Waals surface area contributed by atoms with Crippen LogP contribution in [0, 0.1) is 17.0 Å². The number of nitro groups is 1. The zero-order valence-corrected chi connectivity index (χ0v) is 12.3. The van der Waals surface area contributed by atoms with Crippen molar-refractivity contribution in [2.45, 2.75) is 20.1 Å². The summed E-state index contributed by atoms with van der Waals surface area (Å²) < 4.78 is 0. The van der Waals surface area contributed by atoms with Crippen LogP contribution >= 0.6 is 0 Å². The van der Waals surface area contributed by atoms with Crippen molar-refractivity contribution in [1.82, 2.24) is 4.98 Å². The molecule has 8 nitrogen and oxygen atoms in total. The maximum Gasteiger partial charge on any atom is 0.270 e. The SMILES string of the molecule is Cc1ncc(CO)c(C=NCc2cc([N+](=O)[O-])ccc2O)c1O. The van der Waals surface area contributed by atoms with Crippen LogP contribution in [0.2, 0.25) is 0 Å². The molecule has 0 fully saturated rings. The molecule has 1 heterocycles. The molecule has 0 aliphatic heterocycles. The van der Waals surface area contributed by atoms with E-state index in [9.17, 15) is 25.4 Å². The maximum atomic E-state index is 10.7. The lowest BCUT2D eigenvalue weighted by molar-refractivity contribution is -0.384. The number of aromatic nitrogens is 1. The van der Waals surface area contributed by atoms with E-state index in [1.165, 1.54) is 30.6 Å². The first-order valence-corrected chi connectivity index (χ1v) is 6.68. The van der Waals surface area contributed by atoms with Crippen molar-refractivity contribution in [2.24, 2.45) is 4.99 Å². The number of rotatable bonds is 5. The summed E-state index contributed by atoms with van der Waals surface area (Å²) in [7, 11) is 0. The molecule has 120 valence electrons. The molecule has 23 heavy (non-hydrogen) atoms. The zero-order chi connectivity index (χ0) is 17.0. The fraction of sp³-hybridized carbons (Fsp3) is 0.200. The molecule has 0 atom stereocenters. The van der Waals surface area contributed by atoms with Crippen LogP contribution in [0.1, 0.15) is 22.4 Å². The molecule has 0 aliphatic rings. The molecule has 3 N–H and O–H groups in total. The molecule has 2 rings (SSSR count). The highest BCUT2D eigenvalue weighted by Crippen LogP contribution is 2.25. The molecular weight excluding hydrogens is 302 g/mol. The second-order valence-electron chi connectivity index (χ2n) is 4.83. The van der Waals surface area contributed by atoms with Crippen molar-refractivity contribution in [2.75, 3.05) is 0 Å². The van der Waals surface area contributed by atoms with Crippen LogP contribution in [0.3, 0.4) is 0 Å². The van der Waals surface area contributed by atoms with Crippen LogP contribution in [0.4, 0.5) is 5.69 Å². The summed E-state index contributed by atoms with van der Waals surface area (Å²) in [4.78, 5) is 18.2. The average molecular weight is 317 g/mol. The second kappa shape index (κ2) is 6.84. The van der Waals surface area contributed by atoms with E-state index in [1.54, 1.807) is 6.92 Å². The average Bonchev–Trinajstić information content (AvgIpc) is 2.53. The first kappa shape index (κ1) is 16.4. The third-order valence-corrected chi connectivity index (χ3v) is 3.28. The van der Waals surface area contributed by atoms with Gasteiger partial charge in [0, 0.05) is 41.2 Å². The lowest BCUT2D eigenvalue weighted by atomic mass is 10.1. The van der Waals surface area contributed by atoms with E-state index in [-0.39, 0.29) is 35.9 Å². The molecule has 8 heteroatoms. The highest BCUT2D eigenvalue weighted by molar-refractivity contribution is 5.85. The Bertz CT molecular complexity index is 774. The number of hydrogen-bond donors (Lipinski definition) is 3. The van der Waals surface area contributed by atoms with Crippen LogP contribution in [0.25, 0.3) is 0 Å². The highest BCUT2D eigenvalue weighted by atomic mass is 16.6. The van der Waals surface area contributed by atoms with Crippen molar-refractivity contribution in [3.8, 4) is 11.5 Å².